The van der Waals surface area contributed by atoms with E-state index in [9.17, 15) is 4.39 Å². The van der Waals surface area contributed by atoms with Gasteiger partial charge in [-0.3, -0.25) is 4.98 Å². The molecular weight excluding hydrogens is 309 g/mol. The molecular formula is C17H16FN5O. The van der Waals surface area contributed by atoms with Crippen molar-refractivity contribution in [1.82, 2.24) is 19.7 Å². The highest BCUT2D eigenvalue weighted by Gasteiger charge is 2.21. The molecule has 1 aliphatic heterocycles. The van der Waals surface area contributed by atoms with Crippen molar-refractivity contribution in [3.8, 4) is 5.69 Å². The van der Waals surface area contributed by atoms with Crippen molar-refractivity contribution >= 4 is 11.6 Å². The number of nitrogens with zero attached hydrogens (tertiary/aromatic N) is 4. The summed E-state index contributed by atoms with van der Waals surface area (Å²) in [7, 11) is 0. The number of hydrogen-bond acceptors (Lipinski definition) is 5. The van der Waals surface area contributed by atoms with E-state index < -0.39 is 5.82 Å². The molecule has 122 valence electrons. The summed E-state index contributed by atoms with van der Waals surface area (Å²) in [6.07, 6.45) is 4.20. The highest BCUT2D eigenvalue weighted by atomic mass is 19.1. The van der Waals surface area contributed by atoms with Gasteiger partial charge in [0.05, 0.1) is 31.3 Å². The highest BCUT2D eigenvalue weighted by molar-refractivity contribution is 5.56. The van der Waals surface area contributed by atoms with Gasteiger partial charge < -0.3 is 10.1 Å². The molecule has 0 bridgehead atoms. The Labute approximate surface area is 138 Å². The van der Waals surface area contributed by atoms with Crippen molar-refractivity contribution in [3.63, 3.8) is 0 Å². The van der Waals surface area contributed by atoms with Crippen molar-refractivity contribution in [2.75, 3.05) is 18.5 Å². The predicted octanol–water partition coefficient (Wildman–Crippen LogP) is 2.97. The molecule has 3 aromatic rings. The third-order valence-corrected chi connectivity index (χ3v) is 3.91. The van der Waals surface area contributed by atoms with Crippen molar-refractivity contribution in [2.24, 2.45) is 0 Å². The fourth-order valence-electron chi connectivity index (χ4n) is 2.65. The van der Waals surface area contributed by atoms with Gasteiger partial charge in [0.2, 0.25) is 5.95 Å². The van der Waals surface area contributed by atoms with Gasteiger partial charge in [-0.1, -0.05) is 6.07 Å². The number of anilines is 2. The Morgan fingerprint density at radius 3 is 2.83 bits per heavy atom. The molecule has 0 amide bonds. The van der Waals surface area contributed by atoms with Crippen molar-refractivity contribution in [2.45, 2.75) is 12.8 Å². The summed E-state index contributed by atoms with van der Waals surface area (Å²) in [4.78, 5) is 8.04. The van der Waals surface area contributed by atoms with Crippen LogP contribution in [-0.2, 0) is 4.74 Å². The lowest BCUT2D eigenvalue weighted by Gasteiger charge is -2.27. The van der Waals surface area contributed by atoms with Gasteiger partial charge in [0.15, 0.2) is 0 Å². The Hall–Kier alpha value is -2.80. The second kappa shape index (κ2) is 6.01. The number of hydrogen-bond donors (Lipinski definition) is 1. The molecule has 0 radical (unpaired) electrons. The molecule has 3 heterocycles. The number of benzene rings is 1. The Morgan fingerprint density at radius 1 is 1.21 bits per heavy atom. The number of aromatic nitrogens is 4. The van der Waals surface area contributed by atoms with E-state index in [1.54, 1.807) is 0 Å². The summed E-state index contributed by atoms with van der Waals surface area (Å²) in [5.74, 6) is 0.485. The van der Waals surface area contributed by atoms with Crippen molar-refractivity contribution in [1.29, 1.82) is 0 Å². The second-order valence-corrected chi connectivity index (χ2v) is 5.87. The Morgan fingerprint density at radius 2 is 2.08 bits per heavy atom. The van der Waals surface area contributed by atoms with Crippen LogP contribution in [-0.4, -0.2) is 33.0 Å². The molecule has 0 unspecified atom stereocenters. The van der Waals surface area contributed by atoms with Crippen LogP contribution in [0.15, 0.2) is 43.0 Å². The molecule has 0 aliphatic carbocycles. The number of ether oxygens (including phenoxy) is 1. The fourth-order valence-corrected chi connectivity index (χ4v) is 2.65. The molecule has 1 aromatic carbocycles. The lowest BCUT2D eigenvalue weighted by Crippen LogP contribution is -2.25. The maximum absolute atomic E-state index is 13.3. The van der Waals surface area contributed by atoms with Crippen LogP contribution >= 0.6 is 0 Å². The number of aryl methyl sites for hydroxylation is 1. The summed E-state index contributed by atoms with van der Waals surface area (Å²) in [5, 5.41) is 7.51. The van der Waals surface area contributed by atoms with Crippen LogP contribution in [0.5, 0.6) is 0 Å². The van der Waals surface area contributed by atoms with Gasteiger partial charge in [-0.15, -0.1) is 5.10 Å². The van der Waals surface area contributed by atoms with Crippen LogP contribution in [0, 0.1) is 12.7 Å². The average Bonchev–Trinajstić information content (AvgIpc) is 2.93. The van der Waals surface area contributed by atoms with Gasteiger partial charge in [-0.2, -0.15) is 4.98 Å². The van der Waals surface area contributed by atoms with Gasteiger partial charge in [0, 0.05) is 17.7 Å². The first-order valence-corrected chi connectivity index (χ1v) is 7.66. The smallest absolute Gasteiger partial charge is 0.246 e. The zero-order valence-electron chi connectivity index (χ0n) is 13.1. The van der Waals surface area contributed by atoms with Gasteiger partial charge in [-0.25, -0.2) is 9.07 Å². The number of pyridine rings is 1. The third kappa shape index (κ3) is 2.98. The van der Waals surface area contributed by atoms with E-state index in [1.807, 2.05) is 6.07 Å². The molecule has 4 rings (SSSR count). The van der Waals surface area contributed by atoms with Gasteiger partial charge >= 0.3 is 0 Å². The van der Waals surface area contributed by atoms with Gasteiger partial charge in [-0.05, 0) is 30.2 Å². The van der Waals surface area contributed by atoms with Gasteiger partial charge in [0.25, 0.3) is 0 Å². The minimum atomic E-state index is -0.413. The highest BCUT2D eigenvalue weighted by Crippen LogP contribution is 2.28. The molecule has 24 heavy (non-hydrogen) atoms. The topological polar surface area (TPSA) is 64.9 Å². The first kappa shape index (κ1) is 14.8. The lowest BCUT2D eigenvalue weighted by atomic mass is 9.95. The molecule has 7 heteroatoms. The van der Waals surface area contributed by atoms with Crippen LogP contribution in [0.25, 0.3) is 5.69 Å². The molecule has 0 atom stereocenters. The maximum Gasteiger partial charge on any atom is 0.246 e. The minimum Gasteiger partial charge on any atom is -0.380 e. The van der Waals surface area contributed by atoms with E-state index in [1.165, 1.54) is 28.8 Å². The summed E-state index contributed by atoms with van der Waals surface area (Å²) in [5.41, 5.74) is 3.85. The largest absolute Gasteiger partial charge is 0.380 e. The number of rotatable bonds is 4. The van der Waals surface area contributed by atoms with Crippen molar-refractivity contribution in [3.05, 3.63) is 59.9 Å². The van der Waals surface area contributed by atoms with Crippen LogP contribution in [0.2, 0.25) is 0 Å². The standard InChI is InChI=1S/C17H16FN5O/c1-11-2-12(13-8-24-9-13)4-15(3-11)21-17-20-10-23(22-17)16-5-14(18)6-19-7-16/h2-7,10,13H,8-9H2,1H3,(H,21,22). The average molecular weight is 325 g/mol. The van der Waals surface area contributed by atoms with E-state index in [-0.39, 0.29) is 0 Å². The monoisotopic (exact) mass is 325 g/mol. The maximum atomic E-state index is 13.3. The zero-order valence-corrected chi connectivity index (χ0v) is 13.1. The molecule has 1 fully saturated rings. The minimum absolute atomic E-state index is 0.413. The van der Waals surface area contributed by atoms with E-state index in [0.717, 1.165) is 30.7 Å². The predicted molar refractivity (Wildman–Crippen MR) is 87.1 cm³/mol. The SMILES string of the molecule is Cc1cc(Nc2ncn(-c3cncc(F)c3)n2)cc(C2COC2)c1. The summed E-state index contributed by atoms with van der Waals surface area (Å²) in [6, 6.07) is 7.65. The molecule has 6 nitrogen and oxygen atoms in total. The van der Waals surface area contributed by atoms with E-state index in [0.29, 0.717) is 17.6 Å². The molecule has 1 saturated heterocycles. The van der Waals surface area contributed by atoms with Crippen LogP contribution in [0.4, 0.5) is 16.0 Å². The lowest BCUT2D eigenvalue weighted by molar-refractivity contribution is 0.00843. The number of halogens is 1. The van der Waals surface area contributed by atoms with Gasteiger partial charge in [0.1, 0.15) is 12.1 Å². The Bertz CT molecular complexity index is 875. The molecule has 2 aromatic heterocycles. The molecule has 0 spiro atoms. The normalized spacial score (nSPS) is 14.4. The first-order valence-electron chi connectivity index (χ1n) is 7.66. The summed E-state index contributed by atoms with van der Waals surface area (Å²) >= 11 is 0. The fraction of sp³-hybridized carbons (Fsp3) is 0.235. The Kier molecular flexibility index (Phi) is 3.70. The second-order valence-electron chi connectivity index (χ2n) is 5.87. The quantitative estimate of drug-likeness (QED) is 0.799. The van der Waals surface area contributed by atoms with E-state index >= 15 is 0 Å². The summed E-state index contributed by atoms with van der Waals surface area (Å²) in [6.45, 7) is 3.59. The summed E-state index contributed by atoms with van der Waals surface area (Å²) < 4.78 is 20.0. The van der Waals surface area contributed by atoms with Crippen molar-refractivity contribution < 1.29 is 9.13 Å². The Balaban J connectivity index is 1.56. The van der Waals surface area contributed by atoms with E-state index in [2.05, 4.69) is 39.4 Å². The van der Waals surface area contributed by atoms with E-state index in [4.69, 9.17) is 4.74 Å². The first-order chi connectivity index (χ1) is 11.7. The molecule has 0 saturated carbocycles. The molecule has 1 aliphatic rings. The molecule has 1 N–H and O–H groups in total. The number of nitrogens with one attached hydrogen (secondary N) is 1. The van der Waals surface area contributed by atoms with Crippen LogP contribution < -0.4 is 5.32 Å². The van der Waals surface area contributed by atoms with Crippen LogP contribution in [0.1, 0.15) is 17.0 Å². The van der Waals surface area contributed by atoms with Crippen LogP contribution in [0.3, 0.4) is 0 Å². The zero-order chi connectivity index (χ0) is 16.5. The third-order valence-electron chi connectivity index (χ3n) is 3.91.